The minimum atomic E-state index is 0.889. The maximum absolute atomic E-state index is 2.40. The van der Waals surface area contributed by atoms with Gasteiger partial charge in [-0.15, -0.1) is 0 Å². The summed E-state index contributed by atoms with van der Waals surface area (Å²) in [7, 11) is 0. The summed E-state index contributed by atoms with van der Waals surface area (Å²) >= 11 is 0. The number of rotatable bonds is 0. The van der Waals surface area contributed by atoms with Crippen LogP contribution in [-0.4, -0.2) is 0 Å². The summed E-state index contributed by atoms with van der Waals surface area (Å²) in [6.07, 6.45) is 4.61. The lowest BCUT2D eigenvalue weighted by Crippen LogP contribution is -2.07. The third-order valence-electron chi connectivity index (χ3n) is 2.60. The fourth-order valence-corrected chi connectivity index (χ4v) is 1.55. The molecule has 0 heteroatoms. The summed E-state index contributed by atoms with van der Waals surface area (Å²) in [5, 5.41) is 0. The van der Waals surface area contributed by atoms with Crippen molar-refractivity contribution < 1.29 is 0 Å². The molecule has 34 valence electrons. The average molecular weight is 82.1 g/mol. The first-order valence-electron chi connectivity index (χ1n) is 2.81. The van der Waals surface area contributed by atoms with Gasteiger partial charge in [0.2, 0.25) is 0 Å². The van der Waals surface area contributed by atoms with Gasteiger partial charge in [0.05, 0.1) is 0 Å². The molecule has 0 aromatic heterocycles. The van der Waals surface area contributed by atoms with E-state index in [1.807, 2.05) is 0 Å². The highest BCUT2D eigenvalue weighted by Gasteiger charge is 2.56. The largest absolute Gasteiger partial charge is 0.0594 e. The van der Waals surface area contributed by atoms with Crippen molar-refractivity contribution >= 4 is 0 Å². The van der Waals surface area contributed by atoms with Crippen LogP contribution in [0.4, 0.5) is 0 Å². The second-order valence-corrected chi connectivity index (χ2v) is 3.09. The quantitative estimate of drug-likeness (QED) is 0.418. The summed E-state index contributed by atoms with van der Waals surface area (Å²) in [4.78, 5) is 0. The van der Waals surface area contributed by atoms with Crippen molar-refractivity contribution in [1.29, 1.82) is 0 Å². The van der Waals surface area contributed by atoms with Gasteiger partial charge in [-0.05, 0) is 30.6 Å². The molecular weight excluding hydrogens is 72.1 g/mol. The van der Waals surface area contributed by atoms with E-state index in [0.717, 1.165) is 5.41 Å². The topological polar surface area (TPSA) is 0 Å². The zero-order chi connectivity index (χ0) is 4.20. The molecule has 0 spiro atoms. The number of fused-ring (bicyclic) bond motifs is 1. The van der Waals surface area contributed by atoms with Crippen LogP contribution in [0.25, 0.3) is 0 Å². The van der Waals surface area contributed by atoms with Gasteiger partial charge in [-0.25, -0.2) is 0 Å². The highest BCUT2D eigenvalue weighted by Crippen LogP contribution is 2.67. The van der Waals surface area contributed by atoms with Crippen molar-refractivity contribution in [3.8, 4) is 0 Å². The Morgan fingerprint density at radius 2 is 2.33 bits per heavy atom. The van der Waals surface area contributed by atoms with Crippen LogP contribution < -0.4 is 0 Å². The third kappa shape index (κ3) is 0.160. The van der Waals surface area contributed by atoms with Crippen molar-refractivity contribution in [1.82, 2.24) is 0 Å². The van der Waals surface area contributed by atoms with E-state index in [0.29, 0.717) is 0 Å². The summed E-state index contributed by atoms with van der Waals surface area (Å²) < 4.78 is 0. The van der Waals surface area contributed by atoms with Gasteiger partial charge >= 0.3 is 0 Å². The molecular formula is C6H10. The van der Waals surface area contributed by atoms with Gasteiger partial charge < -0.3 is 0 Å². The molecule has 0 saturated heterocycles. The maximum Gasteiger partial charge on any atom is -0.0294 e. The predicted molar refractivity (Wildman–Crippen MR) is 25.4 cm³/mol. The van der Waals surface area contributed by atoms with E-state index in [4.69, 9.17) is 0 Å². The van der Waals surface area contributed by atoms with Crippen molar-refractivity contribution in [3.63, 3.8) is 0 Å². The zero-order valence-electron chi connectivity index (χ0n) is 4.20. The second kappa shape index (κ2) is 0.556. The molecule has 0 amide bonds. The Bertz CT molecular complexity index is 82.0. The molecule has 0 unspecified atom stereocenters. The van der Waals surface area contributed by atoms with Crippen molar-refractivity contribution in [2.45, 2.75) is 26.2 Å². The molecule has 0 N–H and O–H groups in total. The molecule has 0 radical (unpaired) electrons. The van der Waals surface area contributed by atoms with Gasteiger partial charge in [-0.2, -0.15) is 0 Å². The summed E-state index contributed by atoms with van der Waals surface area (Å²) in [5.41, 5.74) is 0.889. The molecule has 2 rings (SSSR count). The van der Waals surface area contributed by atoms with Crippen LogP contribution >= 0.6 is 0 Å². The minimum absolute atomic E-state index is 0.889. The molecule has 2 aliphatic rings. The van der Waals surface area contributed by atoms with Crippen LogP contribution in [0.5, 0.6) is 0 Å². The summed E-state index contributed by atoms with van der Waals surface area (Å²) in [6, 6.07) is 0. The molecule has 6 heavy (non-hydrogen) atoms. The normalized spacial score (nSPS) is 62.5. The predicted octanol–water partition coefficient (Wildman–Crippen LogP) is 1.81. The van der Waals surface area contributed by atoms with Gasteiger partial charge in [-0.1, -0.05) is 6.92 Å². The highest BCUT2D eigenvalue weighted by atomic mass is 14.6. The zero-order valence-corrected chi connectivity index (χ0v) is 4.20. The van der Waals surface area contributed by atoms with Gasteiger partial charge in [0.15, 0.2) is 0 Å². The van der Waals surface area contributed by atoms with E-state index in [1.165, 1.54) is 18.8 Å². The van der Waals surface area contributed by atoms with E-state index in [2.05, 4.69) is 6.92 Å². The summed E-state index contributed by atoms with van der Waals surface area (Å²) in [6.45, 7) is 2.40. The summed E-state index contributed by atoms with van der Waals surface area (Å²) in [5.74, 6) is 1.18. The average Bonchev–Trinajstić information content (AvgIpc) is 1.88. The fourth-order valence-electron chi connectivity index (χ4n) is 1.55. The molecule has 0 aromatic rings. The Hall–Kier alpha value is 0. The Kier molecular flexibility index (Phi) is 0.283. The van der Waals surface area contributed by atoms with Gasteiger partial charge in [0, 0.05) is 0 Å². The Labute approximate surface area is 38.6 Å². The molecule has 0 bridgehead atoms. The molecule has 0 nitrogen and oxygen atoms in total. The Morgan fingerprint density at radius 3 is 2.33 bits per heavy atom. The van der Waals surface area contributed by atoms with Crippen molar-refractivity contribution in [2.75, 3.05) is 0 Å². The monoisotopic (exact) mass is 82.1 g/mol. The molecule has 2 fully saturated rings. The van der Waals surface area contributed by atoms with Crippen LogP contribution in [0.3, 0.4) is 0 Å². The molecule has 2 aliphatic carbocycles. The first-order chi connectivity index (χ1) is 2.81. The minimum Gasteiger partial charge on any atom is -0.0594 e. The van der Waals surface area contributed by atoms with E-state index >= 15 is 0 Å². The van der Waals surface area contributed by atoms with Crippen LogP contribution in [-0.2, 0) is 0 Å². The fraction of sp³-hybridized carbons (Fsp3) is 1.00. The lowest BCUT2D eigenvalue weighted by Gasteiger charge is -2.18. The van der Waals surface area contributed by atoms with E-state index in [-0.39, 0.29) is 0 Å². The maximum atomic E-state index is 2.40. The van der Waals surface area contributed by atoms with Crippen LogP contribution in [0.1, 0.15) is 26.2 Å². The smallest absolute Gasteiger partial charge is 0.0294 e. The standard InChI is InChI=1S/C6H10/c1-6-3-2-5(6)4-6/h5H,2-4H2,1H3/t5-,6+/m0/s1. The van der Waals surface area contributed by atoms with Gasteiger partial charge in [0.25, 0.3) is 0 Å². The molecule has 2 atom stereocenters. The first-order valence-corrected chi connectivity index (χ1v) is 2.81. The van der Waals surface area contributed by atoms with Crippen LogP contribution in [0.15, 0.2) is 0 Å². The van der Waals surface area contributed by atoms with Crippen molar-refractivity contribution in [2.24, 2.45) is 11.3 Å². The van der Waals surface area contributed by atoms with E-state index in [1.54, 1.807) is 6.42 Å². The Balaban J connectivity index is 2.22. The molecule has 0 aliphatic heterocycles. The lowest BCUT2D eigenvalue weighted by atomic mass is 9.87. The second-order valence-electron chi connectivity index (χ2n) is 3.09. The lowest BCUT2D eigenvalue weighted by molar-refractivity contribution is 0.325. The number of hydrogen-bond acceptors (Lipinski definition) is 0. The van der Waals surface area contributed by atoms with E-state index in [9.17, 15) is 0 Å². The third-order valence-corrected chi connectivity index (χ3v) is 2.60. The Morgan fingerprint density at radius 1 is 1.67 bits per heavy atom. The van der Waals surface area contributed by atoms with Gasteiger partial charge in [0.1, 0.15) is 0 Å². The van der Waals surface area contributed by atoms with Crippen molar-refractivity contribution in [3.05, 3.63) is 0 Å². The first kappa shape index (κ1) is 3.06. The van der Waals surface area contributed by atoms with Crippen LogP contribution in [0.2, 0.25) is 0 Å². The number of hydrogen-bond donors (Lipinski definition) is 0. The highest BCUT2D eigenvalue weighted by molar-refractivity contribution is 5.06. The van der Waals surface area contributed by atoms with Gasteiger partial charge in [-0.3, -0.25) is 0 Å². The molecule has 2 saturated carbocycles. The van der Waals surface area contributed by atoms with E-state index < -0.39 is 0 Å². The molecule has 0 heterocycles. The molecule has 0 aromatic carbocycles. The SMILES string of the molecule is C[C@]12CC[C@H]1C2. The van der Waals surface area contributed by atoms with Crippen LogP contribution in [0, 0.1) is 11.3 Å².